The maximum atomic E-state index is 11.1. The minimum Gasteiger partial charge on any atom is -0.267 e. The molecule has 0 radical (unpaired) electrons. The van der Waals surface area contributed by atoms with Crippen LogP contribution in [0, 0.1) is 11.8 Å². The zero-order valence-corrected chi connectivity index (χ0v) is 12.6. The molecule has 0 N–H and O–H groups in total. The molecule has 0 aliphatic heterocycles. The average molecular weight is 300 g/mol. The van der Waals surface area contributed by atoms with Crippen molar-refractivity contribution in [2.24, 2.45) is 11.8 Å². The summed E-state index contributed by atoms with van der Waals surface area (Å²) in [5, 5.41) is 0. The Bertz CT molecular complexity index is 434. The first kappa shape index (κ1) is 15.9. The van der Waals surface area contributed by atoms with Crippen LogP contribution < -0.4 is 0 Å². The van der Waals surface area contributed by atoms with Gasteiger partial charge in [-0.1, -0.05) is 13.8 Å². The van der Waals surface area contributed by atoms with Crippen LogP contribution in [-0.2, 0) is 28.6 Å². The van der Waals surface area contributed by atoms with E-state index in [1.54, 1.807) is 0 Å². The Morgan fingerprint density at radius 3 is 1.28 bits per heavy atom. The number of rotatable bonds is 4. The van der Waals surface area contributed by atoms with Crippen LogP contribution in [0.3, 0.4) is 0 Å². The van der Waals surface area contributed by atoms with Crippen LogP contribution in [0.2, 0.25) is 0 Å². The lowest BCUT2D eigenvalue weighted by Gasteiger charge is -2.36. The average Bonchev–Trinajstić information content (AvgIpc) is 2.08. The normalized spacial score (nSPS) is 34.4. The van der Waals surface area contributed by atoms with Crippen LogP contribution in [0.5, 0.6) is 0 Å². The highest BCUT2D eigenvalue weighted by molar-refractivity contribution is 7.86. The standard InChI is InChI=1S/C10H20O6S2/c1-7-5-10(16-18(4,13)14)8(2)6-9(7)15-17(3,11)12/h7-10H,5-6H2,1-4H3/t7-,8-,9-,10-/m0/s1. The van der Waals surface area contributed by atoms with Gasteiger partial charge in [0.2, 0.25) is 0 Å². The minimum atomic E-state index is -3.49. The van der Waals surface area contributed by atoms with E-state index in [9.17, 15) is 16.8 Å². The molecule has 0 aromatic rings. The molecule has 0 amide bonds. The van der Waals surface area contributed by atoms with Crippen LogP contribution >= 0.6 is 0 Å². The van der Waals surface area contributed by atoms with Crippen molar-refractivity contribution in [3.63, 3.8) is 0 Å². The predicted octanol–water partition coefficient (Wildman–Crippen LogP) is 0.742. The van der Waals surface area contributed by atoms with Gasteiger partial charge in [-0.2, -0.15) is 16.8 Å². The molecule has 0 heterocycles. The van der Waals surface area contributed by atoms with E-state index in [1.165, 1.54) is 0 Å². The van der Waals surface area contributed by atoms with Crippen LogP contribution in [0.25, 0.3) is 0 Å². The molecule has 0 aromatic carbocycles. The van der Waals surface area contributed by atoms with E-state index in [1.807, 2.05) is 13.8 Å². The van der Waals surface area contributed by atoms with Crippen molar-refractivity contribution in [2.75, 3.05) is 12.5 Å². The molecule has 0 saturated heterocycles. The summed E-state index contributed by atoms with van der Waals surface area (Å²) in [5.74, 6) is -0.134. The molecule has 4 atom stereocenters. The first-order valence-electron chi connectivity index (χ1n) is 5.74. The second kappa shape index (κ2) is 5.44. The van der Waals surface area contributed by atoms with E-state index < -0.39 is 32.4 Å². The molecule has 0 aromatic heterocycles. The molecule has 0 bridgehead atoms. The summed E-state index contributed by atoms with van der Waals surface area (Å²) in [7, 11) is -6.98. The van der Waals surface area contributed by atoms with Crippen molar-refractivity contribution >= 4 is 20.2 Å². The van der Waals surface area contributed by atoms with Crippen molar-refractivity contribution in [2.45, 2.75) is 38.9 Å². The van der Waals surface area contributed by atoms with E-state index >= 15 is 0 Å². The zero-order valence-electron chi connectivity index (χ0n) is 11.0. The molecule has 18 heavy (non-hydrogen) atoms. The van der Waals surface area contributed by atoms with Crippen LogP contribution in [0.1, 0.15) is 26.7 Å². The quantitative estimate of drug-likeness (QED) is 0.712. The SMILES string of the molecule is C[C@H]1C[C@H](OS(C)(=O)=O)[C@@H](C)C[C@@H]1OS(C)(=O)=O. The highest BCUT2D eigenvalue weighted by Crippen LogP contribution is 2.34. The number of hydrogen-bond acceptors (Lipinski definition) is 6. The molecule has 1 rings (SSSR count). The van der Waals surface area contributed by atoms with Gasteiger partial charge in [-0.3, -0.25) is 8.37 Å². The molecular formula is C10H20O6S2. The van der Waals surface area contributed by atoms with Crippen LogP contribution in [0.4, 0.5) is 0 Å². The Morgan fingerprint density at radius 1 is 0.778 bits per heavy atom. The van der Waals surface area contributed by atoms with E-state index in [-0.39, 0.29) is 11.8 Å². The second-order valence-corrected chi connectivity index (χ2v) is 8.30. The zero-order chi connectivity index (χ0) is 14.1. The Labute approximate surface area is 109 Å². The van der Waals surface area contributed by atoms with Crippen molar-refractivity contribution in [1.29, 1.82) is 0 Å². The van der Waals surface area contributed by atoms with Gasteiger partial charge in [0.05, 0.1) is 24.7 Å². The largest absolute Gasteiger partial charge is 0.267 e. The van der Waals surface area contributed by atoms with Gasteiger partial charge in [-0.05, 0) is 24.7 Å². The smallest absolute Gasteiger partial charge is 0.264 e. The Morgan fingerprint density at radius 2 is 1.06 bits per heavy atom. The summed E-state index contributed by atoms with van der Waals surface area (Å²) < 4.78 is 54.5. The fraction of sp³-hybridized carbons (Fsp3) is 1.00. The summed E-state index contributed by atoms with van der Waals surface area (Å²) in [6.45, 7) is 3.67. The topological polar surface area (TPSA) is 86.7 Å². The van der Waals surface area contributed by atoms with E-state index in [2.05, 4.69) is 0 Å². The molecule has 0 spiro atoms. The maximum Gasteiger partial charge on any atom is 0.264 e. The summed E-state index contributed by atoms with van der Waals surface area (Å²) in [6.07, 6.45) is 2.15. The van der Waals surface area contributed by atoms with Gasteiger partial charge < -0.3 is 0 Å². The van der Waals surface area contributed by atoms with E-state index in [4.69, 9.17) is 8.37 Å². The lowest BCUT2D eigenvalue weighted by atomic mass is 9.80. The van der Waals surface area contributed by atoms with Gasteiger partial charge in [-0.15, -0.1) is 0 Å². The third-order valence-electron chi connectivity index (χ3n) is 3.07. The van der Waals surface area contributed by atoms with Gasteiger partial charge in [0, 0.05) is 0 Å². The Kier molecular flexibility index (Phi) is 4.80. The Hall–Kier alpha value is -0.180. The monoisotopic (exact) mass is 300 g/mol. The lowest BCUT2D eigenvalue weighted by Crippen LogP contribution is -2.40. The van der Waals surface area contributed by atoms with E-state index in [0.717, 1.165) is 12.5 Å². The third kappa shape index (κ3) is 5.21. The lowest BCUT2D eigenvalue weighted by molar-refractivity contribution is 0.0102. The first-order chi connectivity index (χ1) is 7.98. The Balaban J connectivity index is 2.71. The highest BCUT2D eigenvalue weighted by Gasteiger charge is 2.37. The molecule has 0 unspecified atom stereocenters. The molecule has 1 aliphatic carbocycles. The molecule has 1 aliphatic rings. The molecule has 1 saturated carbocycles. The summed E-state index contributed by atoms with van der Waals surface area (Å²) in [5.41, 5.74) is 0. The van der Waals surface area contributed by atoms with Crippen molar-refractivity contribution in [3.05, 3.63) is 0 Å². The van der Waals surface area contributed by atoms with Crippen molar-refractivity contribution < 1.29 is 25.2 Å². The summed E-state index contributed by atoms with van der Waals surface area (Å²) in [6, 6.07) is 0. The fourth-order valence-corrected chi connectivity index (χ4v) is 3.65. The molecule has 8 heteroatoms. The van der Waals surface area contributed by atoms with Crippen LogP contribution in [0.15, 0.2) is 0 Å². The predicted molar refractivity (Wildman–Crippen MR) is 67.0 cm³/mol. The van der Waals surface area contributed by atoms with Gasteiger partial charge >= 0.3 is 0 Å². The van der Waals surface area contributed by atoms with Gasteiger partial charge in [0.25, 0.3) is 20.2 Å². The molecular weight excluding hydrogens is 280 g/mol. The van der Waals surface area contributed by atoms with Crippen molar-refractivity contribution in [3.8, 4) is 0 Å². The molecule has 6 nitrogen and oxygen atoms in total. The first-order valence-corrected chi connectivity index (χ1v) is 9.38. The van der Waals surface area contributed by atoms with Gasteiger partial charge in [0.15, 0.2) is 0 Å². The van der Waals surface area contributed by atoms with Crippen LogP contribution in [-0.4, -0.2) is 41.6 Å². The fourth-order valence-electron chi connectivity index (χ4n) is 2.22. The summed E-state index contributed by atoms with van der Waals surface area (Å²) in [4.78, 5) is 0. The molecule has 1 fully saturated rings. The van der Waals surface area contributed by atoms with Crippen molar-refractivity contribution in [1.82, 2.24) is 0 Å². The van der Waals surface area contributed by atoms with E-state index in [0.29, 0.717) is 12.8 Å². The minimum absolute atomic E-state index is 0.0670. The summed E-state index contributed by atoms with van der Waals surface area (Å²) >= 11 is 0. The third-order valence-corrected chi connectivity index (χ3v) is 4.27. The van der Waals surface area contributed by atoms with Gasteiger partial charge in [0.1, 0.15) is 0 Å². The second-order valence-electron chi connectivity index (χ2n) is 5.10. The molecule has 108 valence electrons. The highest BCUT2D eigenvalue weighted by atomic mass is 32.2. The van der Waals surface area contributed by atoms with Gasteiger partial charge in [-0.25, -0.2) is 0 Å². The maximum absolute atomic E-state index is 11.1. The number of hydrogen-bond donors (Lipinski definition) is 0.